The fourth-order valence-electron chi connectivity index (χ4n) is 8.52. The van der Waals surface area contributed by atoms with Crippen LogP contribution in [0.15, 0.2) is 122 Å². The van der Waals surface area contributed by atoms with Gasteiger partial charge >= 0.3 is 0 Å². The molecule has 14 heteroatoms. The molecule has 432 valence electrons. The molecule has 2 heterocycles. The van der Waals surface area contributed by atoms with Crippen LogP contribution in [0.4, 0.5) is 0 Å². The predicted octanol–water partition coefficient (Wildman–Crippen LogP) is 9.44. The molecule has 0 aliphatic carbocycles. The van der Waals surface area contributed by atoms with Gasteiger partial charge in [0.15, 0.2) is 12.6 Å². The molecule has 2 aliphatic heterocycles. The van der Waals surface area contributed by atoms with Crippen molar-refractivity contribution in [2.75, 3.05) is 19.8 Å². The van der Waals surface area contributed by atoms with Gasteiger partial charge in [0, 0.05) is 6.42 Å². The molecule has 0 spiro atoms. The Morgan fingerprint density at radius 3 is 1.39 bits per heavy atom. The lowest BCUT2D eigenvalue weighted by atomic mass is 9.97. The first-order valence-electron chi connectivity index (χ1n) is 28.8. The Morgan fingerprint density at radius 1 is 0.487 bits per heavy atom. The van der Waals surface area contributed by atoms with Gasteiger partial charge in [0.2, 0.25) is 5.91 Å². The van der Waals surface area contributed by atoms with E-state index in [-0.39, 0.29) is 18.9 Å². The van der Waals surface area contributed by atoms with Crippen LogP contribution in [-0.2, 0) is 23.7 Å². The highest BCUT2D eigenvalue weighted by molar-refractivity contribution is 5.76. The standard InChI is InChI=1S/C62H101NO13/c1-3-5-7-9-11-13-15-16-17-18-19-20-21-22-23-24-25-26-27-28-29-30-31-32-33-34-36-38-40-42-44-46-54(67)63-50(51(66)45-43-41-39-37-35-14-12-10-8-6-4-2)49-73-61-59(72)57(70)60(53(48-65)75-61)76-62-58(71)56(69)55(68)52(47-64)74-62/h5,7,11,13,16-17,19-20,22-23,25-26,28-29,31-32,34,36,43,45,50-53,55-62,64-66,68-72H,3-4,6,8-10,12,14-15,18,21,24,27,30,33,35,37-42,44,46-49H2,1-2H3,(H,63,67)/b7-5-,13-11-,17-16-,20-19-,23-22-,26-25-,29-28-,32-31-,36-34-,45-43+. The van der Waals surface area contributed by atoms with E-state index in [1.807, 2.05) is 6.08 Å². The van der Waals surface area contributed by atoms with Gasteiger partial charge in [-0.1, -0.05) is 193 Å². The Balaban J connectivity index is 1.74. The van der Waals surface area contributed by atoms with Crippen molar-refractivity contribution in [1.82, 2.24) is 5.32 Å². The molecular formula is C62H101NO13. The van der Waals surface area contributed by atoms with Gasteiger partial charge in [-0.25, -0.2) is 0 Å². The van der Waals surface area contributed by atoms with Crippen LogP contribution in [0.25, 0.3) is 0 Å². The normalized spacial score (nSPS) is 25.8. The van der Waals surface area contributed by atoms with E-state index in [9.17, 15) is 45.6 Å². The highest BCUT2D eigenvalue weighted by atomic mass is 16.7. The van der Waals surface area contributed by atoms with Crippen molar-refractivity contribution in [3.63, 3.8) is 0 Å². The van der Waals surface area contributed by atoms with E-state index in [4.69, 9.17) is 18.9 Å². The second kappa shape index (κ2) is 46.3. The number of rotatable bonds is 43. The minimum absolute atomic E-state index is 0.232. The Hall–Kier alpha value is -3.61. The van der Waals surface area contributed by atoms with E-state index in [1.54, 1.807) is 6.08 Å². The number of allylic oxidation sites excluding steroid dienone is 19. The van der Waals surface area contributed by atoms with E-state index < -0.39 is 86.8 Å². The van der Waals surface area contributed by atoms with E-state index in [0.29, 0.717) is 6.42 Å². The average molecular weight is 1070 g/mol. The maximum absolute atomic E-state index is 13.2. The van der Waals surface area contributed by atoms with E-state index in [1.165, 1.54) is 38.5 Å². The molecular weight excluding hydrogens is 967 g/mol. The number of aliphatic hydroxyl groups is 8. The molecule has 0 aromatic carbocycles. The highest BCUT2D eigenvalue weighted by Crippen LogP contribution is 2.30. The van der Waals surface area contributed by atoms with Gasteiger partial charge in [-0.05, 0) is 89.9 Å². The van der Waals surface area contributed by atoms with Crippen molar-refractivity contribution in [2.24, 2.45) is 0 Å². The number of unbranched alkanes of at least 4 members (excludes halogenated alkanes) is 12. The Kier molecular flexibility index (Phi) is 41.7. The molecule has 12 atom stereocenters. The van der Waals surface area contributed by atoms with E-state index in [0.717, 1.165) is 103 Å². The van der Waals surface area contributed by atoms with Crippen LogP contribution >= 0.6 is 0 Å². The van der Waals surface area contributed by atoms with Gasteiger partial charge in [0.25, 0.3) is 0 Å². The van der Waals surface area contributed by atoms with Crippen molar-refractivity contribution in [1.29, 1.82) is 0 Å². The molecule has 2 saturated heterocycles. The van der Waals surface area contributed by atoms with Gasteiger partial charge in [-0.15, -0.1) is 0 Å². The molecule has 12 unspecified atom stereocenters. The first kappa shape index (κ1) is 68.5. The fourth-order valence-corrected chi connectivity index (χ4v) is 8.52. The van der Waals surface area contributed by atoms with Gasteiger partial charge in [0.1, 0.15) is 48.8 Å². The smallest absolute Gasteiger partial charge is 0.220 e. The lowest BCUT2D eigenvalue weighted by Crippen LogP contribution is -2.65. The third kappa shape index (κ3) is 31.7. The quantitative estimate of drug-likeness (QED) is 0.0205. The zero-order chi connectivity index (χ0) is 55.3. The lowest BCUT2D eigenvalue weighted by molar-refractivity contribution is -0.359. The molecule has 14 nitrogen and oxygen atoms in total. The average Bonchev–Trinajstić information content (AvgIpc) is 3.42. The highest BCUT2D eigenvalue weighted by Gasteiger charge is 2.51. The van der Waals surface area contributed by atoms with Crippen molar-refractivity contribution in [2.45, 2.75) is 242 Å². The number of hydrogen-bond donors (Lipinski definition) is 9. The van der Waals surface area contributed by atoms with Crippen LogP contribution in [0.1, 0.15) is 168 Å². The number of carbonyl (C=O) groups excluding carboxylic acids is 1. The summed E-state index contributed by atoms with van der Waals surface area (Å²) in [6, 6.07) is -0.940. The summed E-state index contributed by atoms with van der Waals surface area (Å²) >= 11 is 0. The third-order valence-electron chi connectivity index (χ3n) is 13.2. The van der Waals surface area contributed by atoms with E-state index in [2.05, 4.69) is 129 Å². The number of hydrogen-bond acceptors (Lipinski definition) is 13. The van der Waals surface area contributed by atoms with Crippen LogP contribution in [-0.4, -0.2) is 140 Å². The number of aliphatic hydroxyl groups excluding tert-OH is 8. The van der Waals surface area contributed by atoms with Crippen LogP contribution in [0, 0.1) is 0 Å². The van der Waals surface area contributed by atoms with Crippen molar-refractivity contribution >= 4 is 5.91 Å². The molecule has 9 N–H and O–H groups in total. The monoisotopic (exact) mass is 1070 g/mol. The lowest BCUT2D eigenvalue weighted by Gasteiger charge is -2.46. The van der Waals surface area contributed by atoms with Crippen molar-refractivity contribution in [3.8, 4) is 0 Å². The van der Waals surface area contributed by atoms with Gasteiger partial charge in [-0.2, -0.15) is 0 Å². The van der Waals surface area contributed by atoms with Crippen molar-refractivity contribution in [3.05, 3.63) is 122 Å². The Morgan fingerprint density at radius 2 is 0.908 bits per heavy atom. The number of amides is 1. The van der Waals surface area contributed by atoms with Gasteiger partial charge in [-0.3, -0.25) is 4.79 Å². The summed E-state index contributed by atoms with van der Waals surface area (Å²) in [4.78, 5) is 13.2. The predicted molar refractivity (Wildman–Crippen MR) is 304 cm³/mol. The largest absolute Gasteiger partial charge is 0.394 e. The SMILES string of the molecule is CC/C=C\C/C=C\C/C=C\C/C=C\C/C=C\C/C=C\C/C=C\C/C=C\C/C=C\CCCCCC(=O)NC(COC1OC(CO)C(OC2OC(CO)C(O)C(O)C2O)C(O)C1O)C(O)/C=C/CCCCCCCCCCC. The Labute approximate surface area is 457 Å². The van der Waals surface area contributed by atoms with Gasteiger partial charge in [0.05, 0.1) is 32.0 Å². The second-order valence-electron chi connectivity index (χ2n) is 19.7. The summed E-state index contributed by atoms with van der Waals surface area (Å²) < 4.78 is 22.7. The summed E-state index contributed by atoms with van der Waals surface area (Å²) in [5.41, 5.74) is 0. The summed E-state index contributed by atoms with van der Waals surface area (Å²) in [5.74, 6) is -0.279. The molecule has 0 aromatic heterocycles. The minimum atomic E-state index is -1.80. The first-order chi connectivity index (χ1) is 37.1. The summed E-state index contributed by atoms with van der Waals surface area (Å²) in [6.45, 7) is 2.61. The first-order valence-corrected chi connectivity index (χ1v) is 28.8. The zero-order valence-electron chi connectivity index (χ0n) is 46.2. The molecule has 76 heavy (non-hydrogen) atoms. The van der Waals surface area contributed by atoms with Crippen LogP contribution in [0.2, 0.25) is 0 Å². The molecule has 2 aliphatic rings. The van der Waals surface area contributed by atoms with Crippen LogP contribution < -0.4 is 5.32 Å². The number of ether oxygens (including phenoxy) is 4. The Bertz CT molecular complexity index is 1730. The van der Waals surface area contributed by atoms with Crippen molar-refractivity contribution < 1.29 is 64.6 Å². The third-order valence-corrected chi connectivity index (χ3v) is 13.2. The molecule has 0 bridgehead atoms. The van der Waals surface area contributed by atoms with E-state index >= 15 is 0 Å². The second-order valence-corrected chi connectivity index (χ2v) is 19.7. The van der Waals surface area contributed by atoms with Gasteiger partial charge < -0.3 is 65.1 Å². The summed E-state index contributed by atoms with van der Waals surface area (Å²) in [7, 11) is 0. The molecule has 2 rings (SSSR count). The topological polar surface area (TPSA) is 228 Å². The number of carbonyl (C=O) groups is 1. The number of nitrogens with one attached hydrogen (secondary N) is 1. The molecule has 2 fully saturated rings. The minimum Gasteiger partial charge on any atom is -0.394 e. The molecule has 1 amide bonds. The van der Waals surface area contributed by atoms with Crippen LogP contribution in [0.3, 0.4) is 0 Å². The molecule has 0 radical (unpaired) electrons. The summed E-state index contributed by atoms with van der Waals surface area (Å²) in [6.07, 6.45) is 49.6. The zero-order valence-corrected chi connectivity index (χ0v) is 46.2. The molecule has 0 aromatic rings. The maximum Gasteiger partial charge on any atom is 0.220 e. The summed E-state index contributed by atoms with van der Waals surface area (Å²) in [5, 5.41) is 86.8. The maximum atomic E-state index is 13.2. The fraction of sp³-hybridized carbons (Fsp3) is 0.661. The molecule has 0 saturated carbocycles. The van der Waals surface area contributed by atoms with Crippen LogP contribution in [0.5, 0.6) is 0 Å².